The number of nitrogens with zero attached hydrogens (tertiary/aromatic N) is 2. The zero-order chi connectivity index (χ0) is 20.4. The molecule has 0 radical (unpaired) electrons. The summed E-state index contributed by atoms with van der Waals surface area (Å²) in [6.07, 6.45) is 1.53. The Morgan fingerprint density at radius 2 is 1.75 bits per heavy atom. The van der Waals surface area contributed by atoms with Crippen LogP contribution < -0.4 is 4.90 Å². The van der Waals surface area contributed by atoms with Gasteiger partial charge < -0.3 is 9.84 Å². The Bertz CT molecular complexity index is 1020. The molecule has 1 aliphatic heterocycles. The van der Waals surface area contributed by atoms with Crippen LogP contribution in [0.2, 0.25) is 0 Å². The van der Waals surface area contributed by atoms with E-state index >= 15 is 0 Å². The molecule has 8 heteroatoms. The zero-order valence-corrected chi connectivity index (χ0v) is 15.1. The van der Waals surface area contributed by atoms with E-state index in [1.807, 2.05) is 0 Å². The van der Waals surface area contributed by atoms with E-state index in [9.17, 15) is 24.8 Å². The Morgan fingerprint density at radius 3 is 2.29 bits per heavy atom. The Hall–Kier alpha value is -3.94. The van der Waals surface area contributed by atoms with Crippen molar-refractivity contribution in [2.75, 3.05) is 12.0 Å². The van der Waals surface area contributed by atoms with E-state index in [-0.39, 0.29) is 22.6 Å². The van der Waals surface area contributed by atoms with Crippen LogP contribution in [-0.2, 0) is 14.3 Å². The molecule has 142 valence electrons. The summed E-state index contributed by atoms with van der Waals surface area (Å²) >= 11 is 0. The smallest absolute Gasteiger partial charge is 0.340 e. The lowest BCUT2D eigenvalue weighted by Crippen LogP contribution is -2.24. The molecule has 1 heterocycles. The molecule has 0 atom stereocenters. The normalized spacial score (nSPS) is 15.3. The highest BCUT2D eigenvalue weighted by Gasteiger charge is 2.38. The van der Waals surface area contributed by atoms with Crippen molar-refractivity contribution in [2.45, 2.75) is 6.92 Å². The SMILES string of the molecule is COC(=O)C1=C(C)N(c2ccc([N+](=O)[O-])cc2)C(=O)/C1=C\c1ccc(O)cc1. The quantitative estimate of drug-likeness (QED) is 0.378. The summed E-state index contributed by atoms with van der Waals surface area (Å²) in [7, 11) is 1.22. The van der Waals surface area contributed by atoms with Crippen LogP contribution in [-0.4, -0.2) is 29.0 Å². The maximum Gasteiger partial charge on any atom is 0.340 e. The topological polar surface area (TPSA) is 110 Å². The molecule has 3 rings (SSSR count). The van der Waals surface area contributed by atoms with E-state index in [0.717, 1.165) is 0 Å². The number of rotatable bonds is 4. The molecule has 2 aromatic rings. The molecule has 0 unspecified atom stereocenters. The van der Waals surface area contributed by atoms with Gasteiger partial charge in [0.15, 0.2) is 0 Å². The van der Waals surface area contributed by atoms with E-state index in [4.69, 9.17) is 4.74 Å². The van der Waals surface area contributed by atoms with Crippen molar-refractivity contribution in [3.8, 4) is 5.75 Å². The number of methoxy groups -OCH3 is 1. The number of phenols is 1. The van der Waals surface area contributed by atoms with E-state index in [2.05, 4.69) is 0 Å². The minimum Gasteiger partial charge on any atom is -0.508 e. The van der Waals surface area contributed by atoms with Gasteiger partial charge in [0, 0.05) is 23.5 Å². The molecule has 28 heavy (non-hydrogen) atoms. The minimum absolute atomic E-state index is 0.0762. The first-order valence-electron chi connectivity index (χ1n) is 8.22. The maximum absolute atomic E-state index is 13.1. The van der Waals surface area contributed by atoms with Crippen LogP contribution in [0.1, 0.15) is 12.5 Å². The Labute approximate surface area is 160 Å². The van der Waals surface area contributed by atoms with Gasteiger partial charge in [0.2, 0.25) is 0 Å². The van der Waals surface area contributed by atoms with Gasteiger partial charge in [-0.25, -0.2) is 4.79 Å². The number of benzene rings is 2. The highest BCUT2D eigenvalue weighted by Crippen LogP contribution is 2.36. The molecule has 0 spiro atoms. The van der Waals surface area contributed by atoms with Gasteiger partial charge in [-0.05, 0) is 42.8 Å². The molecule has 0 fully saturated rings. The molecule has 0 aromatic heterocycles. The summed E-state index contributed by atoms with van der Waals surface area (Å²) in [5.74, 6) is -1.05. The molecule has 0 saturated heterocycles. The van der Waals surface area contributed by atoms with Crippen molar-refractivity contribution in [2.24, 2.45) is 0 Å². The van der Waals surface area contributed by atoms with Crippen molar-refractivity contribution in [1.29, 1.82) is 0 Å². The van der Waals surface area contributed by atoms with Crippen molar-refractivity contribution in [3.05, 3.63) is 81.1 Å². The number of carbonyl (C=O) groups is 2. The summed E-state index contributed by atoms with van der Waals surface area (Å²) < 4.78 is 4.83. The van der Waals surface area contributed by atoms with E-state index in [0.29, 0.717) is 16.9 Å². The molecule has 1 amide bonds. The number of hydrogen-bond acceptors (Lipinski definition) is 6. The Morgan fingerprint density at radius 1 is 1.14 bits per heavy atom. The number of esters is 1. The number of anilines is 1. The third kappa shape index (κ3) is 3.35. The summed E-state index contributed by atoms with van der Waals surface area (Å²) in [6.45, 7) is 1.60. The van der Waals surface area contributed by atoms with Crippen LogP contribution >= 0.6 is 0 Å². The zero-order valence-electron chi connectivity index (χ0n) is 15.1. The number of nitro benzene ring substituents is 1. The summed E-state index contributed by atoms with van der Waals surface area (Å²) in [6, 6.07) is 11.6. The summed E-state index contributed by atoms with van der Waals surface area (Å²) in [5, 5.41) is 20.3. The third-order valence-corrected chi connectivity index (χ3v) is 4.31. The second-order valence-corrected chi connectivity index (χ2v) is 6.02. The van der Waals surface area contributed by atoms with E-state index in [1.54, 1.807) is 19.1 Å². The molecule has 8 nitrogen and oxygen atoms in total. The van der Waals surface area contributed by atoms with Crippen LogP contribution in [0.3, 0.4) is 0 Å². The Kier molecular flexibility index (Phi) is 4.95. The first kappa shape index (κ1) is 18.8. The molecule has 0 aliphatic carbocycles. The first-order chi connectivity index (χ1) is 13.3. The number of phenolic OH excluding ortho intramolecular Hbond substituents is 1. The predicted octanol–water partition coefficient (Wildman–Crippen LogP) is 3.18. The van der Waals surface area contributed by atoms with E-state index in [1.165, 1.54) is 54.5 Å². The fourth-order valence-corrected chi connectivity index (χ4v) is 2.95. The molecule has 2 aromatic carbocycles. The molecule has 1 N–H and O–H groups in total. The van der Waals surface area contributed by atoms with Crippen molar-refractivity contribution in [1.82, 2.24) is 0 Å². The predicted molar refractivity (Wildman–Crippen MR) is 101 cm³/mol. The number of carbonyl (C=O) groups excluding carboxylic acids is 2. The molecule has 0 saturated carbocycles. The van der Waals surface area contributed by atoms with Crippen molar-refractivity contribution in [3.63, 3.8) is 0 Å². The lowest BCUT2D eigenvalue weighted by Gasteiger charge is -2.17. The summed E-state index contributed by atoms with van der Waals surface area (Å²) in [5.41, 5.74) is 1.50. The second-order valence-electron chi connectivity index (χ2n) is 6.02. The number of non-ortho nitro benzene ring substituents is 1. The highest BCUT2D eigenvalue weighted by molar-refractivity contribution is 6.23. The van der Waals surface area contributed by atoms with Gasteiger partial charge in [0.05, 0.1) is 23.2 Å². The number of hydrogen-bond donors (Lipinski definition) is 1. The number of amides is 1. The first-order valence-corrected chi connectivity index (χ1v) is 8.22. The van der Waals surface area contributed by atoms with Gasteiger partial charge >= 0.3 is 5.97 Å². The average molecular weight is 380 g/mol. The van der Waals surface area contributed by atoms with Gasteiger partial charge in [0.25, 0.3) is 11.6 Å². The minimum atomic E-state index is -0.666. The fourth-order valence-electron chi connectivity index (χ4n) is 2.95. The second kappa shape index (κ2) is 7.36. The number of aromatic hydroxyl groups is 1. The number of nitro groups is 1. The number of allylic oxidation sites excluding steroid dienone is 1. The molecular weight excluding hydrogens is 364 g/mol. The van der Waals surface area contributed by atoms with Crippen molar-refractivity contribution >= 4 is 29.3 Å². The molecule has 0 bridgehead atoms. The van der Waals surface area contributed by atoms with Crippen molar-refractivity contribution < 1.29 is 24.4 Å². The molecule has 1 aliphatic rings. The van der Waals surface area contributed by atoms with Gasteiger partial charge in [-0.2, -0.15) is 0 Å². The van der Waals surface area contributed by atoms with Gasteiger partial charge in [-0.3, -0.25) is 19.8 Å². The standard InChI is InChI=1S/C20H16N2O6/c1-12-18(20(25)28-2)17(11-13-3-9-16(23)10-4-13)19(24)21(12)14-5-7-15(8-6-14)22(26)27/h3-11,23H,1-2H3/b17-11-. The van der Waals surface area contributed by atoms with Crippen LogP contribution in [0.25, 0.3) is 6.08 Å². The molecular formula is C20H16N2O6. The van der Waals surface area contributed by atoms with Gasteiger partial charge in [0.1, 0.15) is 5.75 Å². The fraction of sp³-hybridized carbons (Fsp3) is 0.100. The largest absolute Gasteiger partial charge is 0.508 e. The highest BCUT2D eigenvalue weighted by atomic mass is 16.6. The van der Waals surface area contributed by atoms with E-state index < -0.39 is 16.8 Å². The third-order valence-electron chi connectivity index (χ3n) is 4.31. The maximum atomic E-state index is 13.1. The summed E-state index contributed by atoms with van der Waals surface area (Å²) in [4.78, 5) is 37.0. The Balaban J connectivity index is 2.09. The van der Waals surface area contributed by atoms with Crippen LogP contribution in [0.5, 0.6) is 5.75 Å². The van der Waals surface area contributed by atoms with Crippen LogP contribution in [0, 0.1) is 10.1 Å². The van der Waals surface area contributed by atoms with Crippen LogP contribution in [0.15, 0.2) is 65.4 Å². The lowest BCUT2D eigenvalue weighted by molar-refractivity contribution is -0.384. The monoisotopic (exact) mass is 380 g/mol. The number of ether oxygens (including phenoxy) is 1. The van der Waals surface area contributed by atoms with Gasteiger partial charge in [-0.15, -0.1) is 0 Å². The average Bonchev–Trinajstić information content (AvgIpc) is 2.93. The lowest BCUT2D eigenvalue weighted by atomic mass is 10.0. The van der Waals surface area contributed by atoms with Gasteiger partial charge in [-0.1, -0.05) is 12.1 Å². The van der Waals surface area contributed by atoms with Crippen LogP contribution in [0.4, 0.5) is 11.4 Å².